The summed E-state index contributed by atoms with van der Waals surface area (Å²) in [4.78, 5) is 0. The minimum absolute atomic E-state index is 0.203. The van der Waals surface area contributed by atoms with Crippen molar-refractivity contribution in [2.75, 3.05) is 12.4 Å². The maximum atomic E-state index is 9.14. The van der Waals surface area contributed by atoms with Crippen LogP contribution in [0.4, 0.5) is 0 Å². The van der Waals surface area contributed by atoms with Gasteiger partial charge in [-0.25, -0.2) is 0 Å². The van der Waals surface area contributed by atoms with Crippen LogP contribution in [0.5, 0.6) is 0 Å². The number of aliphatic hydroxyl groups is 1. The van der Waals surface area contributed by atoms with Crippen molar-refractivity contribution in [1.29, 1.82) is 0 Å². The molecule has 1 aliphatic heterocycles. The van der Waals surface area contributed by atoms with E-state index in [0.29, 0.717) is 21.9 Å². The summed E-state index contributed by atoms with van der Waals surface area (Å²) in [6.45, 7) is 9.44. The molecule has 2 unspecified atom stereocenters. The number of rotatable bonds is 4. The lowest BCUT2D eigenvalue weighted by atomic mass is 9.85. The Hall–Kier alpha value is 1.14. The second-order valence-electron chi connectivity index (χ2n) is 5.49. The Morgan fingerprint density at radius 3 is 2.33 bits per heavy atom. The fraction of sp³-hybridized carbons (Fsp3) is 1.00. The van der Waals surface area contributed by atoms with Crippen LogP contribution < -0.4 is 0 Å². The zero-order valence-corrected chi connectivity index (χ0v) is 13.1. The number of alkyl halides is 1. The van der Waals surface area contributed by atoms with Crippen molar-refractivity contribution >= 4 is 39.5 Å². The second-order valence-corrected chi connectivity index (χ2v) is 10.5. The Morgan fingerprint density at radius 2 is 1.93 bits per heavy atom. The summed E-state index contributed by atoms with van der Waals surface area (Å²) in [5.74, 6) is 1.10. The third kappa shape index (κ3) is 4.49. The van der Waals surface area contributed by atoms with Crippen molar-refractivity contribution < 1.29 is 5.11 Å². The van der Waals surface area contributed by atoms with Crippen molar-refractivity contribution in [3.05, 3.63) is 0 Å². The van der Waals surface area contributed by atoms with Crippen LogP contribution in [0, 0.1) is 5.41 Å². The van der Waals surface area contributed by atoms with Crippen molar-refractivity contribution in [2.45, 2.75) is 48.3 Å². The number of hydrogen-bond donors (Lipinski definition) is 1. The summed E-state index contributed by atoms with van der Waals surface area (Å²) in [6, 6.07) is 0. The quantitative estimate of drug-likeness (QED) is 0.798. The van der Waals surface area contributed by atoms with Gasteiger partial charge in [-0.15, -0.1) is 23.5 Å². The van der Waals surface area contributed by atoms with E-state index in [-0.39, 0.29) is 4.32 Å². The first kappa shape index (κ1) is 14.2. The summed E-state index contributed by atoms with van der Waals surface area (Å²) in [7, 11) is 0. The zero-order valence-electron chi connectivity index (χ0n) is 9.92. The van der Waals surface area contributed by atoms with Gasteiger partial charge in [0.05, 0.1) is 11.2 Å². The van der Waals surface area contributed by atoms with E-state index in [1.807, 2.05) is 23.5 Å². The van der Waals surface area contributed by atoms with Crippen molar-refractivity contribution in [2.24, 2.45) is 5.41 Å². The van der Waals surface area contributed by atoms with Gasteiger partial charge in [-0.1, -0.05) is 43.6 Å². The molecule has 0 radical (unpaired) electrons. The molecule has 1 fully saturated rings. The molecule has 1 N–H and O–H groups in total. The summed E-state index contributed by atoms with van der Waals surface area (Å²) in [6.07, 6.45) is 1.16. The van der Waals surface area contributed by atoms with E-state index in [4.69, 9.17) is 5.11 Å². The van der Waals surface area contributed by atoms with Gasteiger partial charge in [0.15, 0.2) is 0 Å². The van der Waals surface area contributed by atoms with Crippen molar-refractivity contribution in [1.82, 2.24) is 0 Å². The van der Waals surface area contributed by atoms with E-state index in [9.17, 15) is 0 Å². The number of thioether (sulfide) groups is 2. The lowest BCUT2D eigenvalue weighted by Gasteiger charge is -2.35. The second kappa shape index (κ2) is 5.19. The lowest BCUT2D eigenvalue weighted by Crippen LogP contribution is -2.30. The summed E-state index contributed by atoms with van der Waals surface area (Å²) in [5.41, 5.74) is 0.312. The SMILES string of the molecule is CC(C)(Br)CC(C)(C)C1SCC(CO)S1. The Labute approximate surface area is 110 Å². The zero-order chi connectivity index (χ0) is 11.7. The van der Waals surface area contributed by atoms with Crippen LogP contribution in [0.3, 0.4) is 0 Å². The van der Waals surface area contributed by atoms with E-state index in [2.05, 4.69) is 43.6 Å². The molecule has 15 heavy (non-hydrogen) atoms. The number of hydrogen-bond acceptors (Lipinski definition) is 3. The average molecular weight is 313 g/mol. The third-order valence-corrected chi connectivity index (χ3v) is 6.82. The molecule has 0 aromatic rings. The van der Waals surface area contributed by atoms with E-state index in [1.165, 1.54) is 0 Å². The van der Waals surface area contributed by atoms with E-state index in [1.54, 1.807) is 0 Å². The van der Waals surface area contributed by atoms with Gasteiger partial charge in [0.25, 0.3) is 0 Å². The molecule has 4 heteroatoms. The highest BCUT2D eigenvalue weighted by Crippen LogP contribution is 2.51. The molecule has 1 heterocycles. The molecule has 0 saturated carbocycles. The maximum absolute atomic E-state index is 9.14. The summed E-state index contributed by atoms with van der Waals surface area (Å²) < 4.78 is 0.820. The highest BCUT2D eigenvalue weighted by molar-refractivity contribution is 9.10. The number of aliphatic hydroxyl groups excluding tert-OH is 1. The van der Waals surface area contributed by atoms with E-state index < -0.39 is 0 Å². The topological polar surface area (TPSA) is 20.2 Å². The van der Waals surface area contributed by atoms with Crippen LogP contribution in [0.2, 0.25) is 0 Å². The van der Waals surface area contributed by atoms with Gasteiger partial charge >= 0.3 is 0 Å². The molecule has 2 atom stereocenters. The van der Waals surface area contributed by atoms with Crippen molar-refractivity contribution in [3.63, 3.8) is 0 Å². The van der Waals surface area contributed by atoms with Gasteiger partial charge in [0.2, 0.25) is 0 Å². The van der Waals surface area contributed by atoms with Gasteiger partial charge in [0.1, 0.15) is 0 Å². The van der Waals surface area contributed by atoms with Crippen LogP contribution >= 0.6 is 39.5 Å². The lowest BCUT2D eigenvalue weighted by molar-refractivity contribution is 0.301. The monoisotopic (exact) mass is 312 g/mol. The Morgan fingerprint density at radius 1 is 1.33 bits per heavy atom. The maximum Gasteiger partial charge on any atom is 0.0558 e. The van der Waals surface area contributed by atoms with Crippen LogP contribution in [-0.4, -0.2) is 31.6 Å². The highest BCUT2D eigenvalue weighted by atomic mass is 79.9. The average Bonchev–Trinajstić information content (AvgIpc) is 2.47. The molecule has 0 spiro atoms. The molecule has 0 aromatic carbocycles. The molecule has 1 saturated heterocycles. The van der Waals surface area contributed by atoms with Crippen LogP contribution in [0.25, 0.3) is 0 Å². The molecule has 1 rings (SSSR count). The summed E-state index contributed by atoms with van der Waals surface area (Å²) in [5, 5.41) is 9.58. The molecule has 0 aromatic heterocycles. The van der Waals surface area contributed by atoms with Gasteiger partial charge < -0.3 is 5.11 Å². The fourth-order valence-electron chi connectivity index (χ4n) is 2.12. The largest absolute Gasteiger partial charge is 0.395 e. The predicted octanol–water partition coefficient (Wildman–Crippen LogP) is 3.74. The Bertz CT molecular complexity index is 213. The molecule has 90 valence electrons. The third-order valence-electron chi connectivity index (χ3n) is 2.47. The van der Waals surface area contributed by atoms with Crippen LogP contribution in [0.15, 0.2) is 0 Å². The first-order chi connectivity index (χ1) is 6.74. The van der Waals surface area contributed by atoms with E-state index in [0.717, 1.165) is 12.2 Å². The minimum atomic E-state index is 0.203. The molecule has 0 aliphatic carbocycles. The fourth-order valence-corrected chi connectivity index (χ4v) is 6.33. The number of halogens is 1. The molecular weight excluding hydrogens is 292 g/mol. The van der Waals surface area contributed by atoms with Gasteiger partial charge in [-0.2, -0.15) is 0 Å². The molecule has 1 aliphatic rings. The molecule has 0 bridgehead atoms. The first-order valence-corrected chi connectivity index (χ1v) is 8.10. The van der Waals surface area contributed by atoms with Crippen LogP contribution in [0.1, 0.15) is 34.1 Å². The van der Waals surface area contributed by atoms with Gasteiger partial charge in [-0.05, 0) is 11.8 Å². The van der Waals surface area contributed by atoms with Crippen molar-refractivity contribution in [3.8, 4) is 0 Å². The normalized spacial score (nSPS) is 28.4. The van der Waals surface area contributed by atoms with E-state index >= 15 is 0 Å². The molecule has 0 amide bonds. The Balaban J connectivity index is 2.55. The van der Waals surface area contributed by atoms with Crippen LogP contribution in [-0.2, 0) is 0 Å². The van der Waals surface area contributed by atoms with Gasteiger partial charge in [0, 0.05) is 15.3 Å². The highest BCUT2D eigenvalue weighted by Gasteiger charge is 2.39. The van der Waals surface area contributed by atoms with Gasteiger partial charge in [-0.3, -0.25) is 0 Å². The predicted molar refractivity (Wildman–Crippen MR) is 76.1 cm³/mol. The first-order valence-electron chi connectivity index (χ1n) is 5.31. The minimum Gasteiger partial charge on any atom is -0.395 e. The summed E-state index contributed by atoms with van der Waals surface area (Å²) >= 11 is 7.68. The Kier molecular flexibility index (Phi) is 4.92. The molecule has 1 nitrogen and oxygen atoms in total. The standard InChI is InChI=1S/C11H21BrOS2/c1-10(2,7-11(3,4)12)9-14-6-8(5-13)15-9/h8-9,13H,5-7H2,1-4H3. The molecular formula is C11H21BrOS2. The smallest absolute Gasteiger partial charge is 0.0558 e.